The Morgan fingerprint density at radius 1 is 1.12 bits per heavy atom. The summed E-state index contributed by atoms with van der Waals surface area (Å²) in [7, 11) is 0. The van der Waals surface area contributed by atoms with Gasteiger partial charge in [0.1, 0.15) is 6.61 Å². The van der Waals surface area contributed by atoms with Gasteiger partial charge in [-0.25, -0.2) is 8.78 Å². The first-order valence-corrected chi connectivity index (χ1v) is 5.24. The molecule has 0 aliphatic carbocycles. The predicted molar refractivity (Wildman–Crippen MR) is 54.1 cm³/mol. The highest BCUT2D eigenvalue weighted by Crippen LogP contribution is 2.23. The van der Waals surface area contributed by atoms with Crippen molar-refractivity contribution in [1.29, 1.82) is 0 Å². The van der Waals surface area contributed by atoms with Crippen molar-refractivity contribution in [3.63, 3.8) is 0 Å². The molecule has 0 saturated heterocycles. The normalized spacial score (nSPS) is 14.8. The molecule has 6 heteroatoms. The molecule has 0 heterocycles. The largest absolute Gasteiger partial charge is 0.371 e. The molecule has 1 atom stereocenters. The number of hydrogen-bond donors (Lipinski definition) is 1. The van der Waals surface area contributed by atoms with Gasteiger partial charge in [-0.1, -0.05) is 13.8 Å². The first-order valence-electron chi connectivity index (χ1n) is 5.24. The molecule has 0 saturated carbocycles. The van der Waals surface area contributed by atoms with Crippen LogP contribution >= 0.6 is 0 Å². The molecule has 0 bridgehead atoms. The second-order valence-corrected chi connectivity index (χ2v) is 4.24. The third-order valence-corrected chi connectivity index (χ3v) is 1.86. The van der Waals surface area contributed by atoms with E-state index in [2.05, 4.69) is 10.1 Å². The molecule has 0 radical (unpaired) electrons. The molecule has 1 N–H and O–H groups in total. The summed E-state index contributed by atoms with van der Waals surface area (Å²) in [5, 5.41) is 2.99. The van der Waals surface area contributed by atoms with Crippen molar-refractivity contribution in [2.24, 2.45) is 5.92 Å². The highest BCUT2D eigenvalue weighted by atomic mass is 19.3. The number of alkyl halides is 4. The lowest BCUT2D eigenvalue weighted by Gasteiger charge is -2.19. The lowest BCUT2D eigenvalue weighted by atomic mass is 10.2. The van der Waals surface area contributed by atoms with Gasteiger partial charge in [0.15, 0.2) is 0 Å². The fourth-order valence-corrected chi connectivity index (χ4v) is 0.951. The smallest absolute Gasteiger partial charge is 0.330 e. The van der Waals surface area contributed by atoms with Crippen molar-refractivity contribution >= 4 is 0 Å². The van der Waals surface area contributed by atoms with Crippen LogP contribution in [0.1, 0.15) is 20.8 Å². The highest BCUT2D eigenvalue weighted by molar-refractivity contribution is 4.69. The minimum Gasteiger partial charge on any atom is -0.371 e. The standard InChI is InChI=1S/C10H19F4NO/c1-7(2)4-15-5-8(3)16-6-10(13,14)9(11)12/h7-9,15H,4-6H2,1-3H3. The zero-order valence-corrected chi connectivity index (χ0v) is 9.77. The lowest BCUT2D eigenvalue weighted by molar-refractivity contribution is -0.174. The summed E-state index contributed by atoms with van der Waals surface area (Å²) in [6.07, 6.45) is -4.19. The maximum Gasteiger partial charge on any atom is 0.330 e. The van der Waals surface area contributed by atoms with Gasteiger partial charge in [0.2, 0.25) is 0 Å². The van der Waals surface area contributed by atoms with Crippen LogP contribution in [0.4, 0.5) is 17.6 Å². The number of nitrogens with one attached hydrogen (secondary N) is 1. The molecule has 0 aromatic carbocycles. The van der Waals surface area contributed by atoms with Crippen LogP contribution in [0.2, 0.25) is 0 Å². The van der Waals surface area contributed by atoms with Gasteiger partial charge in [0.25, 0.3) is 0 Å². The molecule has 16 heavy (non-hydrogen) atoms. The van der Waals surface area contributed by atoms with Gasteiger partial charge in [-0.15, -0.1) is 0 Å². The predicted octanol–water partition coefficient (Wildman–Crippen LogP) is 2.54. The SMILES string of the molecule is CC(C)CNCC(C)OCC(F)(F)C(F)F. The van der Waals surface area contributed by atoms with Gasteiger partial charge in [0.05, 0.1) is 6.10 Å². The Morgan fingerprint density at radius 3 is 2.12 bits per heavy atom. The van der Waals surface area contributed by atoms with Gasteiger partial charge < -0.3 is 10.1 Å². The zero-order valence-electron chi connectivity index (χ0n) is 9.77. The highest BCUT2D eigenvalue weighted by Gasteiger charge is 2.41. The summed E-state index contributed by atoms with van der Waals surface area (Å²) >= 11 is 0. The van der Waals surface area contributed by atoms with E-state index < -0.39 is 25.1 Å². The van der Waals surface area contributed by atoms with Crippen molar-refractivity contribution in [2.75, 3.05) is 19.7 Å². The van der Waals surface area contributed by atoms with Gasteiger partial charge >= 0.3 is 12.3 Å². The Bertz CT molecular complexity index is 188. The molecule has 0 aliphatic heterocycles. The van der Waals surface area contributed by atoms with Crippen molar-refractivity contribution in [3.05, 3.63) is 0 Å². The minimum absolute atomic E-state index is 0.373. The Hall–Kier alpha value is -0.360. The van der Waals surface area contributed by atoms with Crippen molar-refractivity contribution < 1.29 is 22.3 Å². The summed E-state index contributed by atoms with van der Waals surface area (Å²) in [5.74, 6) is -3.62. The van der Waals surface area contributed by atoms with Crippen LogP contribution in [0.15, 0.2) is 0 Å². The summed E-state index contributed by atoms with van der Waals surface area (Å²) in [5.41, 5.74) is 0. The Kier molecular flexibility index (Phi) is 6.90. The zero-order chi connectivity index (χ0) is 12.8. The van der Waals surface area contributed by atoms with E-state index in [0.717, 1.165) is 6.54 Å². The van der Waals surface area contributed by atoms with E-state index in [1.165, 1.54) is 0 Å². The van der Waals surface area contributed by atoms with Gasteiger partial charge in [-0.2, -0.15) is 8.78 Å². The van der Waals surface area contributed by atoms with Crippen LogP contribution < -0.4 is 5.32 Å². The van der Waals surface area contributed by atoms with E-state index in [1.807, 2.05) is 13.8 Å². The van der Waals surface area contributed by atoms with Crippen LogP contribution in [0, 0.1) is 5.92 Å². The minimum atomic E-state index is -4.06. The Labute approximate surface area is 93.3 Å². The first kappa shape index (κ1) is 15.6. The maximum absolute atomic E-state index is 12.5. The first-order chi connectivity index (χ1) is 7.25. The van der Waals surface area contributed by atoms with Crippen molar-refractivity contribution in [3.8, 4) is 0 Å². The molecule has 0 aliphatic rings. The molecule has 2 nitrogen and oxygen atoms in total. The number of hydrogen-bond acceptors (Lipinski definition) is 2. The summed E-state index contributed by atoms with van der Waals surface area (Å²) in [6.45, 7) is 5.44. The fraction of sp³-hybridized carbons (Fsp3) is 1.00. The topological polar surface area (TPSA) is 21.3 Å². The van der Waals surface area contributed by atoms with Gasteiger partial charge in [0, 0.05) is 6.54 Å². The quantitative estimate of drug-likeness (QED) is 0.663. The van der Waals surface area contributed by atoms with Crippen LogP contribution in [-0.2, 0) is 4.74 Å². The average molecular weight is 245 g/mol. The molecular formula is C10H19F4NO. The Balaban J connectivity index is 3.68. The summed E-state index contributed by atoms with van der Waals surface area (Å²) in [6, 6.07) is 0. The van der Waals surface area contributed by atoms with E-state index >= 15 is 0 Å². The fourth-order valence-electron chi connectivity index (χ4n) is 0.951. The molecule has 98 valence electrons. The monoisotopic (exact) mass is 245 g/mol. The van der Waals surface area contributed by atoms with Crippen LogP contribution in [0.3, 0.4) is 0 Å². The van der Waals surface area contributed by atoms with E-state index in [4.69, 9.17) is 0 Å². The van der Waals surface area contributed by atoms with E-state index in [-0.39, 0.29) is 0 Å². The average Bonchev–Trinajstić information content (AvgIpc) is 2.14. The van der Waals surface area contributed by atoms with Crippen LogP contribution in [-0.4, -0.2) is 38.1 Å². The second-order valence-electron chi connectivity index (χ2n) is 4.24. The number of halogens is 4. The van der Waals surface area contributed by atoms with Crippen molar-refractivity contribution in [2.45, 2.75) is 39.2 Å². The second kappa shape index (κ2) is 7.06. The molecule has 0 fully saturated rings. The van der Waals surface area contributed by atoms with Crippen LogP contribution in [0.25, 0.3) is 0 Å². The molecule has 0 aromatic heterocycles. The van der Waals surface area contributed by atoms with Crippen molar-refractivity contribution in [1.82, 2.24) is 5.32 Å². The molecule has 0 amide bonds. The number of ether oxygens (including phenoxy) is 1. The molecule has 0 spiro atoms. The molecule has 0 rings (SSSR count). The van der Waals surface area contributed by atoms with E-state index in [9.17, 15) is 17.6 Å². The van der Waals surface area contributed by atoms with E-state index in [1.54, 1.807) is 6.92 Å². The van der Waals surface area contributed by atoms with Gasteiger partial charge in [-0.05, 0) is 19.4 Å². The van der Waals surface area contributed by atoms with E-state index in [0.29, 0.717) is 12.5 Å². The maximum atomic E-state index is 12.5. The lowest BCUT2D eigenvalue weighted by Crippen LogP contribution is -2.37. The molecule has 0 aromatic rings. The number of rotatable bonds is 8. The third-order valence-electron chi connectivity index (χ3n) is 1.86. The molecular weight excluding hydrogens is 226 g/mol. The summed E-state index contributed by atoms with van der Waals surface area (Å²) in [4.78, 5) is 0. The van der Waals surface area contributed by atoms with Gasteiger partial charge in [-0.3, -0.25) is 0 Å². The Morgan fingerprint density at radius 2 is 1.69 bits per heavy atom. The third kappa shape index (κ3) is 7.00. The molecule has 1 unspecified atom stereocenters. The summed E-state index contributed by atoms with van der Waals surface area (Å²) < 4.78 is 53.1. The van der Waals surface area contributed by atoms with Crippen LogP contribution in [0.5, 0.6) is 0 Å².